The minimum Gasteiger partial charge on any atom is -0.497 e. The second-order valence-corrected chi connectivity index (χ2v) is 5.95. The number of benzene rings is 2. The van der Waals surface area contributed by atoms with Gasteiger partial charge in [0.1, 0.15) is 18.6 Å². The fraction of sp³-hybridized carbons (Fsp3) is 0.350. The minimum absolute atomic E-state index is 0.0276. The van der Waals surface area contributed by atoms with Crippen LogP contribution in [0.5, 0.6) is 5.75 Å². The zero-order valence-corrected chi connectivity index (χ0v) is 14.3. The number of Topliss-reactive ketones (excluding diaryl/α,β-unsaturated/α-hetero) is 1. The van der Waals surface area contributed by atoms with E-state index in [1.807, 2.05) is 30.3 Å². The van der Waals surface area contributed by atoms with Gasteiger partial charge in [0.05, 0.1) is 19.8 Å². The number of hydrogen-bond donors (Lipinski definition) is 1. The molecule has 0 saturated carbocycles. The van der Waals surface area contributed by atoms with Gasteiger partial charge in [-0.3, -0.25) is 4.79 Å². The average Bonchev–Trinajstić information content (AvgIpc) is 2.69. The van der Waals surface area contributed by atoms with Crippen molar-refractivity contribution in [2.75, 3.05) is 27.1 Å². The van der Waals surface area contributed by atoms with E-state index in [-0.39, 0.29) is 17.9 Å². The first kappa shape index (κ1) is 17.6. The van der Waals surface area contributed by atoms with E-state index >= 15 is 0 Å². The van der Waals surface area contributed by atoms with Crippen LogP contribution in [-0.4, -0.2) is 38.9 Å². The molecule has 2 aromatic carbocycles. The van der Waals surface area contributed by atoms with Crippen molar-refractivity contribution in [1.82, 2.24) is 5.32 Å². The van der Waals surface area contributed by atoms with E-state index in [2.05, 4.69) is 5.32 Å². The largest absolute Gasteiger partial charge is 0.497 e. The Labute approximate surface area is 147 Å². The highest BCUT2D eigenvalue weighted by atomic mass is 16.7. The molecule has 0 radical (unpaired) electrons. The van der Waals surface area contributed by atoms with E-state index in [0.717, 1.165) is 11.3 Å². The molecule has 1 N–H and O–H groups in total. The van der Waals surface area contributed by atoms with Gasteiger partial charge in [0.25, 0.3) is 0 Å². The summed E-state index contributed by atoms with van der Waals surface area (Å²) in [7, 11) is 1.61. The van der Waals surface area contributed by atoms with Crippen LogP contribution in [0.4, 0.5) is 0 Å². The molecule has 3 rings (SSSR count). The monoisotopic (exact) mass is 341 g/mol. The molecular weight excluding hydrogens is 318 g/mol. The molecule has 1 saturated heterocycles. The lowest BCUT2D eigenvalue weighted by molar-refractivity contribution is -0.157. The number of carbonyl (C=O) groups is 1. The van der Waals surface area contributed by atoms with Crippen molar-refractivity contribution >= 4 is 5.78 Å². The second kappa shape index (κ2) is 8.76. The highest BCUT2D eigenvalue weighted by Crippen LogP contribution is 2.24. The first-order valence-electron chi connectivity index (χ1n) is 8.43. The minimum atomic E-state index is -0.0639. The van der Waals surface area contributed by atoms with Gasteiger partial charge in [0.15, 0.2) is 5.78 Å². The molecule has 0 aliphatic carbocycles. The molecular formula is C20H23NO4. The molecule has 2 atom stereocenters. The number of hydrogen-bond acceptors (Lipinski definition) is 5. The molecule has 5 nitrogen and oxygen atoms in total. The Bertz CT molecular complexity index is 672. The summed E-state index contributed by atoms with van der Waals surface area (Å²) in [5, 5.41) is 3.40. The van der Waals surface area contributed by atoms with E-state index in [0.29, 0.717) is 31.9 Å². The van der Waals surface area contributed by atoms with E-state index in [1.165, 1.54) is 0 Å². The van der Waals surface area contributed by atoms with Crippen molar-refractivity contribution in [1.29, 1.82) is 0 Å². The van der Waals surface area contributed by atoms with E-state index < -0.39 is 0 Å². The predicted molar refractivity (Wildman–Crippen MR) is 94.8 cm³/mol. The van der Waals surface area contributed by atoms with Crippen molar-refractivity contribution in [3.8, 4) is 5.75 Å². The highest BCUT2D eigenvalue weighted by molar-refractivity contribution is 5.96. The van der Waals surface area contributed by atoms with Crippen LogP contribution in [0, 0.1) is 0 Å². The van der Waals surface area contributed by atoms with Crippen molar-refractivity contribution in [2.45, 2.75) is 18.6 Å². The van der Waals surface area contributed by atoms with Crippen LogP contribution in [-0.2, 0) is 9.47 Å². The van der Waals surface area contributed by atoms with E-state index in [1.54, 1.807) is 31.4 Å². The molecule has 132 valence electrons. The number of nitrogens with one attached hydrogen (secondary N) is 1. The zero-order valence-electron chi connectivity index (χ0n) is 14.3. The fourth-order valence-corrected chi connectivity index (χ4v) is 2.93. The molecule has 1 heterocycles. The summed E-state index contributed by atoms with van der Waals surface area (Å²) in [6.45, 7) is 1.43. The first-order chi connectivity index (χ1) is 12.3. The van der Waals surface area contributed by atoms with Crippen LogP contribution in [0.2, 0.25) is 0 Å². The normalized spacial score (nSPS) is 20.2. The number of ether oxygens (including phenoxy) is 3. The quantitative estimate of drug-likeness (QED) is 0.785. The third-order valence-electron chi connectivity index (χ3n) is 4.29. The molecule has 0 amide bonds. The molecule has 1 aliphatic heterocycles. The van der Waals surface area contributed by atoms with Crippen molar-refractivity contribution in [3.63, 3.8) is 0 Å². The van der Waals surface area contributed by atoms with Crippen LogP contribution in [0.3, 0.4) is 0 Å². The molecule has 2 aromatic rings. The van der Waals surface area contributed by atoms with Gasteiger partial charge in [0, 0.05) is 18.5 Å². The van der Waals surface area contributed by atoms with Gasteiger partial charge < -0.3 is 19.5 Å². The van der Waals surface area contributed by atoms with Gasteiger partial charge in [-0.15, -0.1) is 0 Å². The van der Waals surface area contributed by atoms with Crippen molar-refractivity contribution in [3.05, 3.63) is 65.7 Å². The maximum atomic E-state index is 12.3. The average molecular weight is 341 g/mol. The Balaban J connectivity index is 1.53. The van der Waals surface area contributed by atoms with Gasteiger partial charge in [0.2, 0.25) is 0 Å². The summed E-state index contributed by atoms with van der Waals surface area (Å²) < 4.78 is 16.3. The summed E-state index contributed by atoms with van der Waals surface area (Å²) in [4.78, 5) is 12.3. The zero-order chi connectivity index (χ0) is 17.5. The maximum Gasteiger partial charge on any atom is 0.164 e. The van der Waals surface area contributed by atoms with Gasteiger partial charge in [-0.05, 0) is 29.8 Å². The van der Waals surface area contributed by atoms with Crippen LogP contribution in [0.25, 0.3) is 0 Å². The number of methoxy groups -OCH3 is 1. The molecule has 25 heavy (non-hydrogen) atoms. The molecule has 0 bridgehead atoms. The lowest BCUT2D eigenvalue weighted by Gasteiger charge is -2.32. The number of ketones is 1. The Kier molecular flexibility index (Phi) is 6.17. The van der Waals surface area contributed by atoms with Gasteiger partial charge in [-0.25, -0.2) is 0 Å². The third-order valence-corrected chi connectivity index (χ3v) is 4.29. The van der Waals surface area contributed by atoms with Gasteiger partial charge in [-0.2, -0.15) is 0 Å². The first-order valence-corrected chi connectivity index (χ1v) is 8.43. The van der Waals surface area contributed by atoms with E-state index in [9.17, 15) is 4.79 Å². The van der Waals surface area contributed by atoms with Gasteiger partial charge >= 0.3 is 0 Å². The smallest absolute Gasteiger partial charge is 0.164 e. The summed E-state index contributed by atoms with van der Waals surface area (Å²) >= 11 is 0. The highest BCUT2D eigenvalue weighted by Gasteiger charge is 2.27. The maximum absolute atomic E-state index is 12.3. The van der Waals surface area contributed by atoms with Crippen LogP contribution in [0.1, 0.15) is 28.4 Å². The Morgan fingerprint density at radius 1 is 1.16 bits per heavy atom. The second-order valence-electron chi connectivity index (χ2n) is 5.95. The van der Waals surface area contributed by atoms with Crippen LogP contribution < -0.4 is 10.1 Å². The Hall–Kier alpha value is -2.21. The molecule has 1 aliphatic rings. The Morgan fingerprint density at radius 2 is 1.92 bits per heavy atom. The van der Waals surface area contributed by atoms with E-state index in [4.69, 9.17) is 14.2 Å². The fourth-order valence-electron chi connectivity index (χ4n) is 2.93. The Morgan fingerprint density at radius 3 is 2.64 bits per heavy atom. The van der Waals surface area contributed by atoms with Crippen molar-refractivity contribution < 1.29 is 19.0 Å². The molecule has 2 unspecified atom stereocenters. The third kappa shape index (κ3) is 4.66. The number of carbonyl (C=O) groups excluding carboxylic acids is 1. The summed E-state index contributed by atoms with van der Waals surface area (Å²) in [6.07, 6.45) is 0.357. The molecule has 0 spiro atoms. The molecule has 0 aromatic heterocycles. The topological polar surface area (TPSA) is 56.8 Å². The molecule has 1 fully saturated rings. The lowest BCUT2D eigenvalue weighted by atomic mass is 10.0. The number of rotatable bonds is 7. The predicted octanol–water partition coefficient (Wildman–Crippen LogP) is 2.97. The van der Waals surface area contributed by atoms with Crippen LogP contribution in [0.15, 0.2) is 54.6 Å². The molecule has 5 heteroatoms. The summed E-state index contributed by atoms with van der Waals surface area (Å²) in [5.41, 5.74) is 1.81. The SMILES string of the molecule is COc1ccc(C(=O)CCNC2COCOC2c2ccccc2)cc1. The summed E-state index contributed by atoms with van der Waals surface area (Å²) in [6, 6.07) is 17.3. The standard InChI is InChI=1S/C20H23NO4/c1-23-17-9-7-15(8-10-17)19(22)11-12-21-18-13-24-14-25-20(18)16-5-3-2-4-6-16/h2-10,18,20-21H,11-14H2,1H3. The lowest BCUT2D eigenvalue weighted by Crippen LogP contribution is -2.44. The van der Waals surface area contributed by atoms with Crippen LogP contribution >= 0.6 is 0 Å². The summed E-state index contributed by atoms with van der Waals surface area (Å²) in [5.74, 6) is 0.848. The van der Waals surface area contributed by atoms with Crippen molar-refractivity contribution in [2.24, 2.45) is 0 Å². The van der Waals surface area contributed by atoms with Gasteiger partial charge in [-0.1, -0.05) is 30.3 Å².